The molecule has 0 fully saturated rings. The Kier molecular flexibility index (Phi) is 6.82. The van der Waals surface area contributed by atoms with Crippen molar-refractivity contribution >= 4 is 29.0 Å². The Balaban J connectivity index is 2.88. The van der Waals surface area contributed by atoms with Gasteiger partial charge in [0.05, 0.1) is 18.7 Å². The van der Waals surface area contributed by atoms with Crippen LogP contribution < -0.4 is 10.6 Å². The third-order valence-corrected chi connectivity index (χ3v) is 2.73. The fourth-order valence-corrected chi connectivity index (χ4v) is 1.59. The van der Waals surface area contributed by atoms with E-state index in [9.17, 15) is 4.79 Å². The van der Waals surface area contributed by atoms with Crippen LogP contribution in [-0.2, 0) is 9.47 Å². The predicted molar refractivity (Wildman–Crippen MR) is 78.9 cm³/mol. The smallest absolute Gasteiger partial charge is 0.376 e. The maximum absolute atomic E-state index is 11.4. The van der Waals surface area contributed by atoms with Crippen LogP contribution >= 0.6 is 12.2 Å². The molecule has 0 saturated heterocycles. The van der Waals surface area contributed by atoms with Crippen LogP contribution in [0.3, 0.4) is 0 Å². The largest absolute Gasteiger partial charge is 0.463 e. The summed E-state index contributed by atoms with van der Waals surface area (Å²) in [6, 6.07) is 1.71. The highest BCUT2D eigenvalue weighted by Crippen LogP contribution is 2.11. The summed E-state index contributed by atoms with van der Waals surface area (Å²) >= 11 is 4.88. The fraction of sp³-hybridized carbons (Fsp3) is 0.500. The quantitative estimate of drug-likeness (QED) is 0.544. The molecule has 0 spiro atoms. The zero-order chi connectivity index (χ0) is 15.0. The number of hydrogen-bond donors (Lipinski definition) is 1. The van der Waals surface area contributed by atoms with Crippen LogP contribution in [0.2, 0.25) is 0 Å². The highest BCUT2D eigenvalue weighted by Gasteiger charge is 2.13. The summed E-state index contributed by atoms with van der Waals surface area (Å²) in [7, 11) is 2.90. The van der Waals surface area contributed by atoms with E-state index >= 15 is 0 Å². The second kappa shape index (κ2) is 8.39. The van der Waals surface area contributed by atoms with Crippen LogP contribution in [0.15, 0.2) is 12.3 Å². The minimum Gasteiger partial charge on any atom is -0.463 e. The second-order valence-electron chi connectivity index (χ2n) is 3.93. The van der Waals surface area contributed by atoms with Crippen molar-refractivity contribution in [3.05, 3.63) is 18.1 Å². The number of carbonyl (C=O) groups is 1. The van der Waals surface area contributed by atoms with Crippen molar-refractivity contribution in [3.63, 3.8) is 0 Å². The topological polar surface area (TPSA) is 90.6 Å². The molecular formula is C12H18N4O3S. The summed E-state index contributed by atoms with van der Waals surface area (Å²) in [5, 5.41) is 0. The minimum atomic E-state index is -0.576. The van der Waals surface area contributed by atoms with Gasteiger partial charge in [0.25, 0.3) is 0 Å². The molecule has 1 aromatic rings. The van der Waals surface area contributed by atoms with E-state index in [0.717, 1.165) is 0 Å². The Morgan fingerprint density at radius 3 is 2.80 bits per heavy atom. The summed E-state index contributed by atoms with van der Waals surface area (Å²) in [5.74, 6) is 0.0457. The summed E-state index contributed by atoms with van der Waals surface area (Å²) in [4.78, 5) is 21.8. The molecule has 1 heterocycles. The second-order valence-corrected chi connectivity index (χ2v) is 4.45. The minimum absolute atomic E-state index is 0.0164. The van der Waals surface area contributed by atoms with Crippen LogP contribution in [0, 0.1) is 0 Å². The first kappa shape index (κ1) is 16.3. The molecule has 0 bridgehead atoms. The maximum atomic E-state index is 11.4. The summed E-state index contributed by atoms with van der Waals surface area (Å²) in [6.45, 7) is 1.72. The summed E-state index contributed by atoms with van der Waals surface area (Å²) in [6.07, 6.45) is 2.06. The molecule has 0 radical (unpaired) electrons. The molecule has 1 aromatic heterocycles. The van der Waals surface area contributed by atoms with Crippen molar-refractivity contribution in [2.24, 2.45) is 5.73 Å². The molecule has 2 N–H and O–H groups in total. The lowest BCUT2D eigenvalue weighted by atomic mass is 10.3. The third-order valence-electron chi connectivity index (χ3n) is 2.53. The molecule has 0 unspecified atom stereocenters. The van der Waals surface area contributed by atoms with Crippen molar-refractivity contribution in [3.8, 4) is 0 Å². The Morgan fingerprint density at radius 1 is 1.45 bits per heavy atom. The lowest BCUT2D eigenvalue weighted by Gasteiger charge is -2.23. The zero-order valence-corrected chi connectivity index (χ0v) is 12.4. The van der Waals surface area contributed by atoms with Gasteiger partial charge in [-0.2, -0.15) is 0 Å². The van der Waals surface area contributed by atoms with Crippen molar-refractivity contribution in [1.29, 1.82) is 0 Å². The number of thiocarbonyl (C=S) groups is 1. The van der Waals surface area contributed by atoms with Crippen LogP contribution in [0.4, 0.5) is 5.82 Å². The summed E-state index contributed by atoms with van der Waals surface area (Å²) in [5.41, 5.74) is 5.51. The maximum Gasteiger partial charge on any atom is 0.376 e. The highest BCUT2D eigenvalue weighted by atomic mass is 32.1. The lowest BCUT2D eigenvalue weighted by Crippen LogP contribution is -2.31. The number of anilines is 1. The monoisotopic (exact) mass is 298 g/mol. The molecule has 0 atom stereocenters. The van der Waals surface area contributed by atoms with Gasteiger partial charge in [0.15, 0.2) is 0 Å². The number of rotatable bonds is 8. The van der Waals surface area contributed by atoms with E-state index in [4.69, 9.17) is 22.7 Å². The van der Waals surface area contributed by atoms with Crippen molar-refractivity contribution < 1.29 is 14.3 Å². The van der Waals surface area contributed by atoms with Crippen LogP contribution in [0.25, 0.3) is 0 Å². The van der Waals surface area contributed by atoms with Crippen LogP contribution in [0.1, 0.15) is 17.0 Å². The Morgan fingerprint density at radius 2 is 2.20 bits per heavy atom. The molecule has 0 aliphatic heterocycles. The van der Waals surface area contributed by atoms with Gasteiger partial charge in [0, 0.05) is 32.8 Å². The van der Waals surface area contributed by atoms with E-state index in [0.29, 0.717) is 36.9 Å². The third kappa shape index (κ3) is 5.06. The van der Waals surface area contributed by atoms with E-state index in [2.05, 4.69) is 14.7 Å². The predicted octanol–water partition coefficient (Wildman–Crippen LogP) is 0.392. The molecular weight excluding hydrogens is 280 g/mol. The Labute approximate surface area is 123 Å². The van der Waals surface area contributed by atoms with E-state index in [1.54, 1.807) is 13.2 Å². The van der Waals surface area contributed by atoms with E-state index in [-0.39, 0.29) is 5.82 Å². The normalized spacial score (nSPS) is 10.1. The molecule has 0 aromatic carbocycles. The van der Waals surface area contributed by atoms with Gasteiger partial charge in [0.2, 0.25) is 5.82 Å². The first-order valence-electron chi connectivity index (χ1n) is 6.02. The van der Waals surface area contributed by atoms with Gasteiger partial charge in [0.1, 0.15) is 5.82 Å². The molecule has 20 heavy (non-hydrogen) atoms. The number of esters is 1. The number of nitrogens with two attached hydrogens (primary N) is 1. The average molecular weight is 298 g/mol. The molecule has 1 rings (SSSR count). The number of methoxy groups -OCH3 is 2. The van der Waals surface area contributed by atoms with E-state index < -0.39 is 5.97 Å². The molecule has 110 valence electrons. The number of nitrogens with zero attached hydrogens (tertiary/aromatic N) is 3. The van der Waals surface area contributed by atoms with Crippen LogP contribution in [-0.4, -0.2) is 54.8 Å². The average Bonchev–Trinajstić information content (AvgIpc) is 2.46. The number of ether oxygens (including phenoxy) is 2. The number of hydrogen-bond acceptors (Lipinski definition) is 7. The van der Waals surface area contributed by atoms with Crippen molar-refractivity contribution in [2.75, 3.05) is 38.8 Å². The summed E-state index contributed by atoms with van der Waals surface area (Å²) < 4.78 is 9.66. The Hall–Kier alpha value is -1.80. The van der Waals surface area contributed by atoms with Crippen LogP contribution in [0.5, 0.6) is 0 Å². The first-order valence-corrected chi connectivity index (χ1v) is 6.43. The molecule has 8 heteroatoms. The molecule has 0 saturated carbocycles. The fourth-order valence-electron chi connectivity index (χ4n) is 1.50. The first-order chi connectivity index (χ1) is 9.58. The van der Waals surface area contributed by atoms with Gasteiger partial charge in [-0.1, -0.05) is 12.2 Å². The molecule has 7 nitrogen and oxygen atoms in total. The number of carbonyl (C=O) groups excluding carboxylic acids is 1. The Bertz CT molecular complexity index is 470. The zero-order valence-electron chi connectivity index (χ0n) is 11.5. The van der Waals surface area contributed by atoms with Gasteiger partial charge < -0.3 is 20.1 Å². The van der Waals surface area contributed by atoms with Crippen molar-refractivity contribution in [1.82, 2.24) is 9.97 Å². The standard InChI is InChI=1S/C12H18N4O3S/c1-18-8-7-16(6-4-9(13)20)10-3-5-14-11(15-10)12(17)19-2/h3,5H,4,6-8H2,1-2H3,(H2,13,20). The lowest BCUT2D eigenvalue weighted by molar-refractivity contribution is 0.0586. The number of aromatic nitrogens is 2. The van der Waals surface area contributed by atoms with E-state index in [1.807, 2.05) is 4.90 Å². The molecule has 0 amide bonds. The van der Waals surface area contributed by atoms with Gasteiger partial charge in [-0.25, -0.2) is 14.8 Å². The van der Waals surface area contributed by atoms with Gasteiger partial charge in [-0.3, -0.25) is 0 Å². The van der Waals surface area contributed by atoms with E-state index in [1.165, 1.54) is 13.3 Å². The molecule has 0 aliphatic carbocycles. The SMILES string of the molecule is COCCN(CCC(N)=S)c1ccnc(C(=O)OC)n1. The van der Waals surface area contributed by atoms with Gasteiger partial charge in [-0.15, -0.1) is 0 Å². The highest BCUT2D eigenvalue weighted by molar-refractivity contribution is 7.80. The van der Waals surface area contributed by atoms with Gasteiger partial charge >= 0.3 is 5.97 Å². The molecule has 0 aliphatic rings. The van der Waals surface area contributed by atoms with Gasteiger partial charge in [-0.05, 0) is 6.07 Å². The van der Waals surface area contributed by atoms with Crippen molar-refractivity contribution in [2.45, 2.75) is 6.42 Å².